The van der Waals surface area contributed by atoms with Crippen LogP contribution in [0.1, 0.15) is 131 Å². The number of aliphatic hydroxyl groups excluding tert-OH is 1. The molecule has 0 spiro atoms. The molecule has 13 aromatic carbocycles. The van der Waals surface area contributed by atoms with Crippen molar-refractivity contribution in [2.75, 3.05) is 80.5 Å². The number of aliphatic hydroxyl groups is 1. The summed E-state index contributed by atoms with van der Waals surface area (Å²) in [4.78, 5) is 30.4. The number of halogens is 2. The number of hydrogen-bond acceptors (Lipinski definition) is 18. The zero-order valence-corrected chi connectivity index (χ0v) is 88.1. The number of hydrogen-bond donors (Lipinski definition) is 3. The Balaban J connectivity index is 0.000000178. The fraction of sp³-hybridized carbons (Fsp3) is 0.301. The van der Waals surface area contributed by atoms with Crippen LogP contribution in [-0.4, -0.2) is 114 Å². The zero-order valence-electron chi connectivity index (χ0n) is 78.4. The van der Waals surface area contributed by atoms with Crippen molar-refractivity contribution >= 4 is 96.4 Å². The van der Waals surface area contributed by atoms with Gasteiger partial charge in [0.05, 0.1) is 68.7 Å². The van der Waals surface area contributed by atoms with E-state index in [9.17, 15) is 25.7 Å². The lowest BCUT2D eigenvalue weighted by molar-refractivity contribution is -0.777. The van der Waals surface area contributed by atoms with Crippen LogP contribution in [0.15, 0.2) is 447 Å². The minimum Gasteiger partial charge on any atom is -1.00 e. The Bertz CT molecular complexity index is 4510. The van der Waals surface area contributed by atoms with Gasteiger partial charge in [0.25, 0.3) is 0 Å². The molecule has 138 heavy (non-hydrogen) atoms. The van der Waals surface area contributed by atoms with E-state index >= 15 is 0 Å². The van der Waals surface area contributed by atoms with Gasteiger partial charge in [-0.05, 0) is 219 Å². The Hall–Kier alpha value is -7.27. The smallest absolute Gasteiger partial charge is 0.211 e. The molecule has 3 N–H and O–H groups in total. The highest BCUT2D eigenvalue weighted by atomic mass is 79.9. The standard InChI is InChI=1S/C24H25S.3C18H15S.C12H15OS.2C8H17NO3S.C7H15NO5S.2BrH/c1-4-10-20(11-5-1)21-16-18-24(19-17-21)25(22-12-6-2-7-13-22)23-14-8-3-9-15-23;3*1-4-10-16(11-5-1)19(17-12-6-2-7-13-17)18-14-8-3-9-15-18;13-12(10-14-8-4-5-9-14)11-6-2-1-3-7-11;2*10-11-12-13-7-6-9-8-4-2-1-3-5-8;9-7(6-14-13-12-10)5-8-1-3-11-4-2-8;;/h2-3,6-9,12-20H,1,4-5,10-11H2;3*1-15H;1-3,6-7H,4-5,8-10H2;2*8-10H,1-7H2;7,9-10H,1-6H2;2*1H/q5*+1;;;;;/p-5. The fourth-order valence-corrected chi connectivity index (χ4v) is 28.0. The van der Waals surface area contributed by atoms with Crippen LogP contribution in [0, 0.1) is 0 Å². The number of nitrogens with one attached hydrogen (secondary N) is 2. The average molecular weight is 2140 g/mol. The van der Waals surface area contributed by atoms with Crippen molar-refractivity contribution in [3.63, 3.8) is 0 Å². The van der Waals surface area contributed by atoms with E-state index in [-0.39, 0.29) is 77.5 Å². The van der Waals surface area contributed by atoms with Crippen molar-refractivity contribution < 1.29 is 92.5 Å². The predicted octanol–water partition coefficient (Wildman–Crippen LogP) is 17.6. The van der Waals surface area contributed by atoms with E-state index in [2.05, 4.69) is 402 Å². The van der Waals surface area contributed by atoms with E-state index in [0.717, 1.165) is 91.0 Å². The summed E-state index contributed by atoms with van der Waals surface area (Å²) in [6.45, 7) is 5.40. The van der Waals surface area contributed by atoms with Crippen LogP contribution >= 0.6 is 36.1 Å². The molecule has 18 rings (SSSR count). The van der Waals surface area contributed by atoms with Crippen LogP contribution in [0.2, 0.25) is 0 Å². The summed E-state index contributed by atoms with van der Waals surface area (Å²) >= 11 is 2.90. The third-order valence-electron chi connectivity index (χ3n) is 23.0. The van der Waals surface area contributed by atoms with E-state index in [1.807, 2.05) is 30.3 Å². The molecule has 2 saturated heterocycles. The van der Waals surface area contributed by atoms with Gasteiger partial charge in [0.1, 0.15) is 11.5 Å². The summed E-state index contributed by atoms with van der Waals surface area (Å²) in [7, 11) is 0.321. The molecule has 1 unspecified atom stereocenters. The van der Waals surface area contributed by atoms with E-state index < -0.39 is 6.10 Å². The SMILES string of the molecule is O=C(C[S+]1CCCC1)c1ccccc1.[Br-].[Br-].[O-]OOSCC(O)CN1CCOCC1.[O-]OOSCCNC1CCCCC1.[O-]OOSCCNC1CCCCC1.c1ccc([S+](c2ccccc2)c2ccc(C3CCCCC3)cc2)cc1.c1ccc([S+](c2ccccc2)c2ccccc2)cc1.c1ccc([S+](c2ccccc2)c2ccccc2)cc1.c1ccc([S+](c2ccccc2)c2ccccc2)cc1. The van der Waals surface area contributed by atoms with Gasteiger partial charge in [-0.2, -0.15) is 13.0 Å². The second-order valence-corrected chi connectivity index (χ2v) is 45.4. The topological polar surface area (TPSA) is 198 Å². The molecule has 0 radical (unpaired) electrons. The zero-order chi connectivity index (χ0) is 94.4. The van der Waals surface area contributed by atoms with Gasteiger partial charge in [-0.25, -0.2) is 0 Å². The Morgan fingerprint density at radius 3 is 0.877 bits per heavy atom. The van der Waals surface area contributed by atoms with Crippen LogP contribution in [0.3, 0.4) is 0 Å². The Morgan fingerprint density at radius 2 is 0.601 bits per heavy atom. The number of morpholine rings is 1. The molecule has 732 valence electrons. The Kier molecular flexibility index (Phi) is 59.0. The number of rotatable bonds is 34. The number of carbonyl (C=O) groups is 1. The monoisotopic (exact) mass is 2140 g/mol. The first-order chi connectivity index (χ1) is 67.3. The highest BCUT2D eigenvalue weighted by molar-refractivity contribution is 7.98. The number of ether oxygens (including phenoxy) is 1. The average Bonchev–Trinajstić information content (AvgIpc) is 0.894. The second-order valence-electron chi connectivity index (χ2n) is 32.7. The highest BCUT2D eigenvalue weighted by Crippen LogP contribution is 2.38. The molecule has 25 heteroatoms. The number of Topliss-reactive ketones (excluding diaryl/α,β-unsaturated/α-hetero) is 1. The molecule has 2 heterocycles. The third-order valence-corrected chi connectivity index (χ3v) is 36.1. The minimum atomic E-state index is -0.520. The number of nitrogens with zero attached hydrogens (tertiary/aromatic N) is 1. The Morgan fingerprint density at radius 1 is 0.348 bits per heavy atom. The first-order valence-corrected chi connectivity index (χ1v) is 56.7. The molecule has 2 aliphatic heterocycles. The van der Waals surface area contributed by atoms with Gasteiger partial charge in [0.15, 0.2) is 64.5 Å². The van der Waals surface area contributed by atoms with Crippen LogP contribution in [0.25, 0.3) is 0 Å². The normalized spacial score (nSPS) is 14.6. The van der Waals surface area contributed by atoms with Crippen molar-refractivity contribution in [3.8, 4) is 0 Å². The quantitative estimate of drug-likeness (QED) is 0.00858. The molecule has 13 aromatic rings. The summed E-state index contributed by atoms with van der Waals surface area (Å²) in [6, 6.07) is 139. The molecule has 15 nitrogen and oxygen atoms in total. The number of carbonyl (C=O) groups excluding carboxylic acids is 1. The maximum absolute atomic E-state index is 11.8. The van der Waals surface area contributed by atoms with Crippen molar-refractivity contribution in [1.82, 2.24) is 15.5 Å². The van der Waals surface area contributed by atoms with Gasteiger partial charge in [-0.1, -0.05) is 300 Å². The fourth-order valence-electron chi connectivity index (χ4n) is 16.4. The van der Waals surface area contributed by atoms with Gasteiger partial charge in [-0.15, -0.1) is 0 Å². The summed E-state index contributed by atoms with van der Waals surface area (Å²) in [5.41, 5.74) is 2.42. The van der Waals surface area contributed by atoms with Crippen molar-refractivity contribution in [2.24, 2.45) is 0 Å². The van der Waals surface area contributed by atoms with Crippen LogP contribution in [-0.2, 0) is 87.3 Å². The molecule has 3 aliphatic carbocycles. The lowest BCUT2D eigenvalue weighted by Crippen LogP contribution is -3.00. The van der Waals surface area contributed by atoms with E-state index in [4.69, 9.17) is 4.74 Å². The minimum absolute atomic E-state index is 0. The summed E-state index contributed by atoms with van der Waals surface area (Å²) in [6.07, 6.45) is 22.3. The number of β-amino-alcohol motifs (C(OH)–C–C–N with tert-alkyl or cyclic N) is 1. The van der Waals surface area contributed by atoms with Gasteiger partial charge >= 0.3 is 0 Å². The number of benzene rings is 13. The molecule has 1 atom stereocenters. The predicted molar refractivity (Wildman–Crippen MR) is 561 cm³/mol. The first-order valence-electron chi connectivity index (χ1n) is 47.4. The largest absolute Gasteiger partial charge is 1.00 e. The molecule has 5 fully saturated rings. The lowest BCUT2D eigenvalue weighted by Gasteiger charge is -2.28. The van der Waals surface area contributed by atoms with Crippen molar-refractivity contribution in [2.45, 2.75) is 192 Å². The van der Waals surface area contributed by atoms with Crippen molar-refractivity contribution in [1.29, 1.82) is 0 Å². The van der Waals surface area contributed by atoms with Crippen LogP contribution < -0.4 is 60.4 Å². The van der Waals surface area contributed by atoms with E-state index in [1.165, 1.54) is 185 Å². The molecule has 0 amide bonds. The summed E-state index contributed by atoms with van der Waals surface area (Å²) in [5.74, 6) is 6.26. The molecule has 5 aliphatic rings. The second kappa shape index (κ2) is 71.2. The van der Waals surface area contributed by atoms with Gasteiger partial charge in [0.2, 0.25) is 5.78 Å². The lowest BCUT2D eigenvalue weighted by atomic mass is 9.84. The first kappa shape index (κ1) is 114. The summed E-state index contributed by atoms with van der Waals surface area (Å²) < 4.78 is 17.5. The maximum Gasteiger partial charge on any atom is 0.211 e. The molecular formula is C113H131Br2N3O12S8. The molecule has 0 bridgehead atoms. The maximum atomic E-state index is 11.8. The van der Waals surface area contributed by atoms with Crippen LogP contribution in [0.5, 0.6) is 0 Å². The Labute approximate surface area is 868 Å². The van der Waals surface area contributed by atoms with E-state index in [1.54, 1.807) is 0 Å². The van der Waals surface area contributed by atoms with Gasteiger partial charge in [-0.3, -0.25) is 24.8 Å². The molecule has 0 aromatic heterocycles. The van der Waals surface area contributed by atoms with Gasteiger partial charge < -0.3 is 70.2 Å². The van der Waals surface area contributed by atoms with Gasteiger partial charge in [0, 0.05) is 98.0 Å². The van der Waals surface area contributed by atoms with E-state index in [0.29, 0.717) is 54.3 Å². The number of ketones is 1. The third kappa shape index (κ3) is 43.1. The molecular weight excluding hydrogens is 2010 g/mol. The van der Waals surface area contributed by atoms with Crippen molar-refractivity contribution in [3.05, 3.63) is 399 Å². The van der Waals surface area contributed by atoms with Crippen LogP contribution in [0.4, 0.5) is 0 Å². The molecule has 3 saturated carbocycles. The highest BCUT2D eigenvalue weighted by Gasteiger charge is 2.33. The summed E-state index contributed by atoms with van der Waals surface area (Å²) in [5, 5.41) is 54.2.